The van der Waals surface area contributed by atoms with Crippen LogP contribution in [0.5, 0.6) is 0 Å². The second-order valence-electron chi connectivity index (χ2n) is 4.62. The first-order valence-corrected chi connectivity index (χ1v) is 6.22. The maximum absolute atomic E-state index is 11.2. The Morgan fingerprint density at radius 2 is 1.50 bits per heavy atom. The van der Waals surface area contributed by atoms with E-state index in [1.165, 1.54) is 16.7 Å². The highest BCUT2D eigenvalue weighted by Gasteiger charge is 2.22. The Labute approximate surface area is 116 Å². The molecule has 0 radical (unpaired) electrons. The van der Waals surface area contributed by atoms with Crippen LogP contribution in [-0.2, 0) is 6.42 Å². The maximum atomic E-state index is 11.2. The van der Waals surface area contributed by atoms with Crippen LogP contribution in [0.1, 0.15) is 39.5 Å². The summed E-state index contributed by atoms with van der Waals surface area (Å²) in [4.78, 5) is 22.4. The summed E-state index contributed by atoms with van der Waals surface area (Å²) in [6.45, 7) is 1.81. The summed E-state index contributed by atoms with van der Waals surface area (Å²) >= 11 is 0. The molecule has 1 aromatic carbocycles. The number of aromatic nitrogens is 1. The fraction of sp³-hybridized carbons (Fsp3) is 0.200. The number of carboxylic acid groups (broad SMARTS) is 2. The van der Waals surface area contributed by atoms with Gasteiger partial charge in [0.15, 0.2) is 0 Å². The van der Waals surface area contributed by atoms with Crippen molar-refractivity contribution in [3.8, 4) is 0 Å². The Hall–Kier alpha value is -2.56. The number of aromatic carboxylic acids is 2. The van der Waals surface area contributed by atoms with Crippen molar-refractivity contribution in [1.82, 2.24) is 4.57 Å². The Balaban J connectivity index is 2.37. The van der Waals surface area contributed by atoms with Crippen molar-refractivity contribution in [1.29, 1.82) is 0 Å². The number of rotatable bonds is 5. The highest BCUT2D eigenvalue weighted by molar-refractivity contribution is 5.91. The van der Waals surface area contributed by atoms with Crippen LogP contribution in [0.2, 0.25) is 0 Å². The summed E-state index contributed by atoms with van der Waals surface area (Å²) in [5.74, 6) is -2.25. The lowest BCUT2D eigenvalue weighted by Crippen LogP contribution is -2.19. The number of hydrogen-bond donors (Lipinski definition) is 2. The lowest BCUT2D eigenvalue weighted by atomic mass is 10.1. The van der Waals surface area contributed by atoms with E-state index in [0.717, 1.165) is 5.56 Å². The van der Waals surface area contributed by atoms with Crippen molar-refractivity contribution < 1.29 is 19.8 Å². The Bertz CT molecular complexity index is 599. The van der Waals surface area contributed by atoms with E-state index in [1.807, 2.05) is 37.3 Å². The van der Waals surface area contributed by atoms with Crippen LogP contribution in [0.15, 0.2) is 42.5 Å². The minimum absolute atomic E-state index is 0.00849. The van der Waals surface area contributed by atoms with Crippen LogP contribution in [0.25, 0.3) is 0 Å². The summed E-state index contributed by atoms with van der Waals surface area (Å²) in [5.41, 5.74) is 1.01. The quantitative estimate of drug-likeness (QED) is 0.877. The fourth-order valence-corrected chi connectivity index (χ4v) is 2.32. The van der Waals surface area contributed by atoms with Crippen LogP contribution >= 0.6 is 0 Å². The summed E-state index contributed by atoms with van der Waals surface area (Å²) in [6.07, 6.45) is 0.566. The van der Waals surface area contributed by atoms with Gasteiger partial charge in [-0.1, -0.05) is 30.3 Å². The molecule has 0 bridgehead atoms. The average molecular weight is 273 g/mol. The lowest BCUT2D eigenvalue weighted by Gasteiger charge is -2.18. The second kappa shape index (κ2) is 5.61. The molecule has 104 valence electrons. The van der Waals surface area contributed by atoms with Crippen LogP contribution in [0, 0.1) is 0 Å². The Kier molecular flexibility index (Phi) is 3.89. The summed E-state index contributed by atoms with van der Waals surface area (Å²) in [5, 5.41) is 18.3. The van der Waals surface area contributed by atoms with Gasteiger partial charge < -0.3 is 14.8 Å². The third-order valence-electron chi connectivity index (χ3n) is 3.17. The molecule has 2 N–H and O–H groups in total. The largest absolute Gasteiger partial charge is 0.477 e. The van der Waals surface area contributed by atoms with Gasteiger partial charge in [0, 0.05) is 6.04 Å². The van der Waals surface area contributed by atoms with Gasteiger partial charge in [-0.25, -0.2) is 9.59 Å². The zero-order valence-corrected chi connectivity index (χ0v) is 11.0. The highest BCUT2D eigenvalue weighted by atomic mass is 16.4. The first-order valence-electron chi connectivity index (χ1n) is 6.22. The van der Waals surface area contributed by atoms with Crippen molar-refractivity contribution in [3.63, 3.8) is 0 Å². The lowest BCUT2D eigenvalue weighted by molar-refractivity contribution is 0.0672. The molecule has 0 aliphatic heterocycles. The number of hydrogen-bond acceptors (Lipinski definition) is 2. The molecule has 0 fully saturated rings. The highest BCUT2D eigenvalue weighted by Crippen LogP contribution is 2.21. The van der Waals surface area contributed by atoms with Crippen molar-refractivity contribution in [3.05, 3.63) is 59.4 Å². The summed E-state index contributed by atoms with van der Waals surface area (Å²) < 4.78 is 1.36. The standard InChI is InChI=1S/C15H15NO4/c1-10(9-11-5-3-2-4-6-11)16-12(14(17)18)7-8-13(16)15(19)20/h2-8,10H,9H2,1H3,(H,17,18)(H,19,20). The van der Waals surface area contributed by atoms with Gasteiger partial charge in [-0.05, 0) is 31.0 Å². The molecule has 0 aliphatic carbocycles. The Morgan fingerprint density at radius 1 is 1.00 bits per heavy atom. The van der Waals surface area contributed by atoms with E-state index >= 15 is 0 Å². The van der Waals surface area contributed by atoms with Gasteiger partial charge >= 0.3 is 11.9 Å². The predicted molar refractivity (Wildman–Crippen MR) is 73.2 cm³/mol. The van der Waals surface area contributed by atoms with E-state index in [-0.39, 0.29) is 17.4 Å². The first-order chi connectivity index (χ1) is 9.50. The van der Waals surface area contributed by atoms with E-state index < -0.39 is 11.9 Å². The maximum Gasteiger partial charge on any atom is 0.352 e. The fourth-order valence-electron chi connectivity index (χ4n) is 2.32. The van der Waals surface area contributed by atoms with E-state index in [2.05, 4.69) is 0 Å². The minimum Gasteiger partial charge on any atom is -0.477 e. The molecule has 0 spiro atoms. The summed E-state index contributed by atoms with van der Waals surface area (Å²) in [6, 6.07) is 11.9. The van der Waals surface area contributed by atoms with Crippen LogP contribution in [0.4, 0.5) is 0 Å². The molecule has 2 rings (SSSR count). The third-order valence-corrected chi connectivity index (χ3v) is 3.17. The number of carbonyl (C=O) groups is 2. The number of carboxylic acids is 2. The zero-order valence-electron chi connectivity index (χ0n) is 11.0. The normalized spacial score (nSPS) is 12.1. The van der Waals surface area contributed by atoms with E-state index in [4.69, 9.17) is 10.2 Å². The minimum atomic E-state index is -1.13. The molecule has 5 nitrogen and oxygen atoms in total. The summed E-state index contributed by atoms with van der Waals surface area (Å²) in [7, 11) is 0. The van der Waals surface area contributed by atoms with Crippen molar-refractivity contribution in [2.24, 2.45) is 0 Å². The molecule has 20 heavy (non-hydrogen) atoms. The van der Waals surface area contributed by atoms with Gasteiger partial charge in [0.2, 0.25) is 0 Å². The monoisotopic (exact) mass is 273 g/mol. The van der Waals surface area contributed by atoms with Gasteiger partial charge in [0.05, 0.1) is 0 Å². The number of nitrogens with zero attached hydrogens (tertiary/aromatic N) is 1. The molecule has 1 heterocycles. The van der Waals surface area contributed by atoms with Crippen LogP contribution in [-0.4, -0.2) is 26.7 Å². The molecule has 0 saturated heterocycles. The van der Waals surface area contributed by atoms with E-state index in [0.29, 0.717) is 6.42 Å². The van der Waals surface area contributed by atoms with Crippen molar-refractivity contribution in [2.45, 2.75) is 19.4 Å². The Morgan fingerprint density at radius 3 is 1.95 bits per heavy atom. The molecule has 1 atom stereocenters. The number of benzene rings is 1. The predicted octanol–water partition coefficient (Wildman–Crippen LogP) is 2.69. The van der Waals surface area contributed by atoms with Gasteiger partial charge in [0.25, 0.3) is 0 Å². The van der Waals surface area contributed by atoms with Gasteiger partial charge in [-0.3, -0.25) is 0 Å². The molecule has 0 aliphatic rings. The van der Waals surface area contributed by atoms with E-state index in [1.54, 1.807) is 0 Å². The molecule has 2 aromatic rings. The third kappa shape index (κ3) is 2.71. The molecular weight excluding hydrogens is 258 g/mol. The first kappa shape index (κ1) is 13.9. The molecule has 1 unspecified atom stereocenters. The second-order valence-corrected chi connectivity index (χ2v) is 4.62. The molecule has 0 amide bonds. The van der Waals surface area contributed by atoms with Crippen LogP contribution in [0.3, 0.4) is 0 Å². The van der Waals surface area contributed by atoms with Gasteiger partial charge in [-0.15, -0.1) is 0 Å². The molecular formula is C15H15NO4. The molecule has 5 heteroatoms. The van der Waals surface area contributed by atoms with Crippen molar-refractivity contribution >= 4 is 11.9 Å². The van der Waals surface area contributed by atoms with Crippen LogP contribution < -0.4 is 0 Å². The zero-order chi connectivity index (χ0) is 14.7. The van der Waals surface area contributed by atoms with E-state index in [9.17, 15) is 9.59 Å². The van der Waals surface area contributed by atoms with Gasteiger partial charge in [-0.2, -0.15) is 0 Å². The SMILES string of the molecule is CC(Cc1ccccc1)n1c(C(=O)O)ccc1C(=O)O. The topological polar surface area (TPSA) is 79.5 Å². The molecule has 0 saturated carbocycles. The van der Waals surface area contributed by atoms with Gasteiger partial charge in [0.1, 0.15) is 11.4 Å². The molecule has 1 aromatic heterocycles. The smallest absolute Gasteiger partial charge is 0.352 e. The average Bonchev–Trinajstić information content (AvgIpc) is 2.84. The van der Waals surface area contributed by atoms with Crippen molar-refractivity contribution in [2.75, 3.05) is 0 Å².